The zero-order chi connectivity index (χ0) is 20.3. The Morgan fingerprint density at radius 3 is 2.63 bits per heavy atom. The molecule has 11 nitrogen and oxygen atoms in total. The number of likely N-dealkylation sites (N-methyl/N-ethyl adjacent to an activating group) is 1. The number of carbonyl (C=O) groups excluding carboxylic acids is 1. The number of aromatic nitrogens is 1. The van der Waals surface area contributed by atoms with E-state index in [1.54, 1.807) is 13.0 Å². The number of hydrogen-bond acceptors (Lipinski definition) is 9. The summed E-state index contributed by atoms with van der Waals surface area (Å²) in [6.45, 7) is 1.62. The van der Waals surface area contributed by atoms with Crippen LogP contribution in [0.1, 0.15) is 11.1 Å². The molecule has 0 radical (unpaired) electrons. The number of ether oxygens (including phenoxy) is 1. The van der Waals surface area contributed by atoms with E-state index in [4.69, 9.17) is 9.26 Å². The number of rotatable bonds is 5. The fourth-order valence-corrected chi connectivity index (χ4v) is 2.24. The van der Waals surface area contributed by atoms with Gasteiger partial charge in [0, 0.05) is 24.2 Å². The first-order chi connectivity index (χ1) is 12.7. The number of aryl methyl sites for hydroxylation is 1. The first kappa shape index (κ1) is 19.3. The van der Waals surface area contributed by atoms with Gasteiger partial charge in [-0.25, -0.2) is 0 Å². The van der Waals surface area contributed by atoms with Crippen molar-refractivity contribution >= 4 is 23.2 Å². The molecule has 2 rings (SSSR count). The smallest absolute Gasteiger partial charge is 0.315 e. The lowest BCUT2D eigenvalue weighted by molar-refractivity contribution is -0.386. The zero-order valence-electron chi connectivity index (χ0n) is 14.5. The highest BCUT2D eigenvalue weighted by molar-refractivity contribution is 6.11. The number of aromatic hydroxyl groups is 1. The molecule has 11 heteroatoms. The SMILES string of the molecule is COc1cc(/C(O)=C(\C#N)C(=O)N(C)c2oncc2C)cc([N+](=O)[O-])c1O. The number of phenolic OH excluding ortho intramolecular Hbond substituents is 1. The number of nitrogens with zero attached hydrogens (tertiary/aromatic N) is 4. The monoisotopic (exact) mass is 374 g/mol. The van der Waals surface area contributed by atoms with E-state index in [2.05, 4.69) is 5.16 Å². The Balaban J connectivity index is 2.59. The number of nitro groups is 1. The van der Waals surface area contributed by atoms with E-state index in [9.17, 15) is 30.4 Å². The fraction of sp³-hybridized carbons (Fsp3) is 0.188. The summed E-state index contributed by atoms with van der Waals surface area (Å²) in [5.74, 6) is -2.75. The van der Waals surface area contributed by atoms with Gasteiger partial charge >= 0.3 is 5.69 Å². The normalized spacial score (nSPS) is 11.3. The van der Waals surface area contributed by atoms with Gasteiger partial charge in [-0.1, -0.05) is 5.16 Å². The van der Waals surface area contributed by atoms with Crippen molar-refractivity contribution in [1.29, 1.82) is 5.26 Å². The van der Waals surface area contributed by atoms with Crippen molar-refractivity contribution in [3.05, 3.63) is 45.1 Å². The van der Waals surface area contributed by atoms with Gasteiger partial charge in [0.1, 0.15) is 11.8 Å². The molecule has 0 atom stereocenters. The van der Waals surface area contributed by atoms with Gasteiger partial charge in [-0.05, 0) is 13.0 Å². The number of aliphatic hydroxyl groups excluding tert-OH is 1. The number of carbonyl (C=O) groups is 1. The summed E-state index contributed by atoms with van der Waals surface area (Å²) in [6, 6.07) is 3.44. The number of hydrogen-bond donors (Lipinski definition) is 2. The van der Waals surface area contributed by atoms with Crippen molar-refractivity contribution in [3.8, 4) is 17.6 Å². The fourth-order valence-electron chi connectivity index (χ4n) is 2.24. The molecule has 2 N–H and O–H groups in total. The molecule has 0 fully saturated rings. The maximum atomic E-state index is 12.6. The number of benzene rings is 1. The molecule has 0 saturated carbocycles. The summed E-state index contributed by atoms with van der Waals surface area (Å²) < 4.78 is 9.76. The van der Waals surface area contributed by atoms with Crippen LogP contribution in [-0.4, -0.2) is 40.4 Å². The third-order valence-corrected chi connectivity index (χ3v) is 3.64. The van der Waals surface area contributed by atoms with Crippen LogP contribution in [0.5, 0.6) is 11.5 Å². The van der Waals surface area contributed by atoms with Crippen molar-refractivity contribution in [2.45, 2.75) is 6.92 Å². The zero-order valence-corrected chi connectivity index (χ0v) is 14.5. The lowest BCUT2D eigenvalue weighted by Gasteiger charge is -2.14. The Morgan fingerprint density at radius 2 is 2.15 bits per heavy atom. The van der Waals surface area contributed by atoms with E-state index < -0.39 is 33.6 Å². The van der Waals surface area contributed by atoms with Gasteiger partial charge in [-0.15, -0.1) is 0 Å². The molecule has 140 valence electrons. The van der Waals surface area contributed by atoms with Gasteiger partial charge in [-0.3, -0.25) is 19.8 Å². The Hall–Kier alpha value is -4.07. The summed E-state index contributed by atoms with van der Waals surface area (Å²) >= 11 is 0. The number of nitro benzene ring substituents is 1. The number of methoxy groups -OCH3 is 1. The first-order valence-corrected chi connectivity index (χ1v) is 7.31. The molecule has 0 bridgehead atoms. The van der Waals surface area contributed by atoms with Gasteiger partial charge in [0.05, 0.1) is 18.2 Å². The Bertz CT molecular complexity index is 987. The van der Waals surface area contributed by atoms with Crippen molar-refractivity contribution in [2.75, 3.05) is 19.1 Å². The van der Waals surface area contributed by atoms with E-state index in [0.717, 1.165) is 24.1 Å². The summed E-state index contributed by atoms with van der Waals surface area (Å²) in [6.07, 6.45) is 1.36. The van der Waals surface area contributed by atoms with Crippen molar-refractivity contribution in [3.63, 3.8) is 0 Å². The van der Waals surface area contributed by atoms with Gasteiger partial charge in [0.25, 0.3) is 5.91 Å². The number of nitriles is 1. The highest BCUT2D eigenvalue weighted by atomic mass is 16.6. The predicted molar refractivity (Wildman–Crippen MR) is 91.1 cm³/mol. The Kier molecular flexibility index (Phi) is 5.31. The average Bonchev–Trinajstić information content (AvgIpc) is 3.07. The largest absolute Gasteiger partial charge is 0.506 e. The average molecular weight is 374 g/mol. The quantitative estimate of drug-likeness (QED) is 0.262. The predicted octanol–water partition coefficient (Wildman–Crippen LogP) is 2.06. The molecule has 0 aliphatic heterocycles. The van der Waals surface area contributed by atoms with E-state index in [0.29, 0.717) is 5.56 Å². The third kappa shape index (κ3) is 3.49. The maximum Gasteiger partial charge on any atom is 0.315 e. The minimum absolute atomic E-state index is 0.0646. The second-order valence-corrected chi connectivity index (χ2v) is 5.32. The van der Waals surface area contributed by atoms with Crippen molar-refractivity contribution in [2.24, 2.45) is 0 Å². The van der Waals surface area contributed by atoms with Crippen molar-refractivity contribution < 1.29 is 29.2 Å². The van der Waals surface area contributed by atoms with Crippen LogP contribution in [0.4, 0.5) is 11.6 Å². The second-order valence-electron chi connectivity index (χ2n) is 5.32. The number of aliphatic hydroxyl groups is 1. The van der Waals surface area contributed by atoms with Crippen LogP contribution < -0.4 is 9.64 Å². The number of amides is 1. The molecule has 0 aliphatic rings. The summed E-state index contributed by atoms with van der Waals surface area (Å²) in [5.41, 5.74) is -1.20. The van der Waals surface area contributed by atoms with Crippen molar-refractivity contribution in [1.82, 2.24) is 5.16 Å². The van der Waals surface area contributed by atoms with Crippen LogP contribution in [0.25, 0.3) is 5.76 Å². The highest BCUT2D eigenvalue weighted by Gasteiger charge is 2.27. The molecule has 0 aliphatic carbocycles. The third-order valence-electron chi connectivity index (χ3n) is 3.64. The van der Waals surface area contributed by atoms with Gasteiger partial charge in [0.2, 0.25) is 11.6 Å². The van der Waals surface area contributed by atoms with Crippen LogP contribution >= 0.6 is 0 Å². The first-order valence-electron chi connectivity index (χ1n) is 7.31. The summed E-state index contributed by atoms with van der Waals surface area (Å²) in [7, 11) is 2.46. The number of anilines is 1. The molecule has 1 aromatic carbocycles. The van der Waals surface area contributed by atoms with E-state index in [1.165, 1.54) is 13.2 Å². The lowest BCUT2D eigenvalue weighted by atomic mass is 10.1. The highest BCUT2D eigenvalue weighted by Crippen LogP contribution is 2.39. The van der Waals surface area contributed by atoms with E-state index in [-0.39, 0.29) is 17.2 Å². The van der Waals surface area contributed by atoms with Crippen LogP contribution in [0.15, 0.2) is 28.4 Å². The molecule has 0 spiro atoms. The Labute approximate surface area is 152 Å². The van der Waals surface area contributed by atoms with Gasteiger partial charge < -0.3 is 19.5 Å². The molecular formula is C16H14N4O7. The second kappa shape index (κ2) is 7.44. The molecule has 0 unspecified atom stereocenters. The Morgan fingerprint density at radius 1 is 1.48 bits per heavy atom. The molecule has 27 heavy (non-hydrogen) atoms. The minimum Gasteiger partial charge on any atom is -0.506 e. The lowest BCUT2D eigenvalue weighted by Crippen LogP contribution is -2.28. The molecule has 1 aromatic heterocycles. The standard InChI is InChI=1S/C16H14N4O7/c1-8-7-18-27-16(8)19(2)15(23)10(6-17)13(21)9-4-11(20(24)25)14(22)12(5-9)26-3/h4-5,7,21-22H,1-3H3/b13-10-. The number of phenols is 1. The van der Waals surface area contributed by atoms with Crippen LogP contribution in [0.2, 0.25) is 0 Å². The van der Waals surface area contributed by atoms with E-state index in [1.807, 2.05) is 0 Å². The minimum atomic E-state index is -0.926. The molecular weight excluding hydrogens is 360 g/mol. The van der Waals surface area contributed by atoms with Crippen LogP contribution in [-0.2, 0) is 4.79 Å². The van der Waals surface area contributed by atoms with Gasteiger partial charge in [-0.2, -0.15) is 5.26 Å². The summed E-state index contributed by atoms with van der Waals surface area (Å²) in [5, 5.41) is 44.1. The van der Waals surface area contributed by atoms with Gasteiger partial charge in [0.15, 0.2) is 11.3 Å². The molecule has 1 heterocycles. The van der Waals surface area contributed by atoms with E-state index >= 15 is 0 Å². The van der Waals surface area contributed by atoms with Crippen LogP contribution in [0.3, 0.4) is 0 Å². The molecule has 2 aromatic rings. The summed E-state index contributed by atoms with van der Waals surface area (Å²) in [4.78, 5) is 23.7. The molecule has 0 saturated heterocycles. The maximum absolute atomic E-state index is 12.6. The van der Waals surface area contributed by atoms with Crippen LogP contribution in [0, 0.1) is 28.4 Å². The molecule has 1 amide bonds. The topological polar surface area (TPSA) is 163 Å².